The maximum Gasteiger partial charge on any atom is 0.472 e. The average Bonchev–Trinajstić information content (AvgIpc) is 0.899. The molecule has 0 spiro atoms. The van der Waals surface area contributed by atoms with Crippen LogP contribution >= 0.6 is 15.6 Å². The molecule has 0 radical (unpaired) electrons. The van der Waals surface area contributed by atoms with Crippen LogP contribution in [-0.2, 0) is 65.4 Å². The van der Waals surface area contributed by atoms with Gasteiger partial charge < -0.3 is 33.8 Å². The Bertz CT molecular complexity index is 2160. The molecule has 3 unspecified atom stereocenters. The molecular formula is C90H172O17P2. The van der Waals surface area contributed by atoms with Crippen LogP contribution in [0.2, 0.25) is 0 Å². The molecule has 0 heterocycles. The quantitative estimate of drug-likeness (QED) is 0.0169. The third kappa shape index (κ3) is 81.9. The molecule has 0 rings (SSSR count). The van der Waals surface area contributed by atoms with Gasteiger partial charge in [-0.3, -0.25) is 37.3 Å². The molecule has 0 amide bonds. The molecule has 644 valence electrons. The van der Waals surface area contributed by atoms with Crippen molar-refractivity contribution in [2.45, 2.75) is 483 Å². The van der Waals surface area contributed by atoms with Crippen LogP contribution in [0.15, 0.2) is 24.3 Å². The zero-order valence-electron chi connectivity index (χ0n) is 71.2. The number of aliphatic hydroxyl groups is 1. The standard InChI is InChI=1S/C90H172O17P2/c1-6-10-13-16-19-22-25-28-31-33-35-37-39-41-44-46-49-52-58-63-68-73-87(92)100-79-85(106-89(94)76-71-66-61-54-51-48-45-42-40-38-36-34-32-29-26-23-20-17-14-11-7-2)81-104-108(96,97)102-77-84(91)78-103-109(98,99)105-82-86(80-101-88(93)74-69-64-59-56-55-57-62-67-72-83(5)9-4)107-90(95)75-70-65-60-53-50-47-43-30-27-24-21-18-15-12-8-3/h24,27,30,43,83-86,91H,6-23,25-26,28-29,31-42,44-82H2,1-5H3,(H,96,97)(H,98,99)/b27-24-,43-30-/t83?,84-,85-,86-/m1/s1. The number of aliphatic hydroxyl groups excluding tert-OH is 1. The maximum atomic E-state index is 13.2. The summed E-state index contributed by atoms with van der Waals surface area (Å²) in [7, 11) is -9.95. The van der Waals surface area contributed by atoms with Crippen LogP contribution in [0.3, 0.4) is 0 Å². The summed E-state index contributed by atoms with van der Waals surface area (Å²) in [6.45, 7) is 7.31. The highest BCUT2D eigenvalue weighted by atomic mass is 31.2. The summed E-state index contributed by atoms with van der Waals surface area (Å²) < 4.78 is 69.0. The van der Waals surface area contributed by atoms with E-state index in [1.807, 2.05) is 0 Å². The first-order valence-corrected chi connectivity index (χ1v) is 49.0. The fourth-order valence-corrected chi connectivity index (χ4v) is 15.2. The summed E-state index contributed by atoms with van der Waals surface area (Å²) in [4.78, 5) is 73.3. The zero-order chi connectivity index (χ0) is 79.7. The molecule has 0 fully saturated rings. The number of allylic oxidation sites excluding steroid dienone is 4. The van der Waals surface area contributed by atoms with Gasteiger partial charge in [-0.2, -0.15) is 0 Å². The zero-order valence-corrected chi connectivity index (χ0v) is 73.0. The van der Waals surface area contributed by atoms with E-state index in [-0.39, 0.29) is 25.7 Å². The molecule has 6 atom stereocenters. The van der Waals surface area contributed by atoms with Gasteiger partial charge in [0.2, 0.25) is 0 Å². The second-order valence-corrected chi connectivity index (χ2v) is 34.8. The minimum Gasteiger partial charge on any atom is -0.462 e. The first-order valence-electron chi connectivity index (χ1n) is 46.0. The van der Waals surface area contributed by atoms with Crippen LogP contribution in [0.4, 0.5) is 0 Å². The van der Waals surface area contributed by atoms with Gasteiger partial charge in [0.25, 0.3) is 0 Å². The van der Waals surface area contributed by atoms with E-state index >= 15 is 0 Å². The Labute approximate surface area is 669 Å². The number of carbonyl (C=O) groups is 4. The number of hydrogen-bond donors (Lipinski definition) is 3. The summed E-state index contributed by atoms with van der Waals surface area (Å²) in [5.41, 5.74) is 0. The van der Waals surface area contributed by atoms with E-state index in [2.05, 4.69) is 58.9 Å². The smallest absolute Gasteiger partial charge is 0.462 e. The number of phosphoric acid groups is 2. The van der Waals surface area contributed by atoms with Gasteiger partial charge >= 0.3 is 39.5 Å². The predicted molar refractivity (Wildman–Crippen MR) is 451 cm³/mol. The average molecular weight is 1590 g/mol. The van der Waals surface area contributed by atoms with E-state index < -0.39 is 97.5 Å². The SMILES string of the molecule is CCCCCC/C=C\C=C/CCCCCCCC(=O)O[C@H](COC(=O)CCCCCCCCCCC(C)CC)COP(=O)(O)OC[C@H](O)COP(=O)(O)OC[C@@H](COC(=O)CCCCCCCCCCCCCCCCCCCCCCC)OC(=O)CCCCCCCCCCCCCCCCCCCCCCC. The summed E-state index contributed by atoms with van der Waals surface area (Å²) in [5.74, 6) is -1.35. The number of hydrogen-bond acceptors (Lipinski definition) is 15. The second-order valence-electron chi connectivity index (χ2n) is 31.9. The molecule has 0 aliphatic carbocycles. The third-order valence-corrected chi connectivity index (χ3v) is 22.9. The molecule has 17 nitrogen and oxygen atoms in total. The van der Waals surface area contributed by atoms with Gasteiger partial charge in [-0.25, -0.2) is 9.13 Å². The molecule has 0 saturated heterocycles. The minimum atomic E-state index is -4.97. The molecule has 0 aliphatic heterocycles. The molecule has 0 aromatic heterocycles. The van der Waals surface area contributed by atoms with Crippen molar-refractivity contribution in [2.24, 2.45) is 5.92 Å². The highest BCUT2D eigenvalue weighted by molar-refractivity contribution is 7.47. The van der Waals surface area contributed by atoms with Crippen molar-refractivity contribution >= 4 is 39.5 Å². The Morgan fingerprint density at radius 3 is 0.780 bits per heavy atom. The lowest BCUT2D eigenvalue weighted by Gasteiger charge is -2.21. The minimum absolute atomic E-state index is 0.0852. The second kappa shape index (κ2) is 82.1. The van der Waals surface area contributed by atoms with Gasteiger partial charge in [-0.1, -0.05) is 412 Å². The van der Waals surface area contributed by atoms with Crippen molar-refractivity contribution in [2.75, 3.05) is 39.6 Å². The van der Waals surface area contributed by atoms with E-state index in [9.17, 15) is 43.2 Å². The van der Waals surface area contributed by atoms with Gasteiger partial charge in [-0.15, -0.1) is 0 Å². The fourth-order valence-electron chi connectivity index (χ4n) is 13.6. The Kier molecular flexibility index (Phi) is 80.2. The van der Waals surface area contributed by atoms with E-state index in [4.69, 9.17) is 37.0 Å². The molecule has 109 heavy (non-hydrogen) atoms. The number of phosphoric ester groups is 2. The van der Waals surface area contributed by atoms with Crippen molar-refractivity contribution in [1.29, 1.82) is 0 Å². The van der Waals surface area contributed by atoms with Crippen molar-refractivity contribution in [1.82, 2.24) is 0 Å². The number of rotatable bonds is 88. The lowest BCUT2D eigenvalue weighted by Crippen LogP contribution is -2.30. The molecular weight excluding hydrogens is 1410 g/mol. The largest absolute Gasteiger partial charge is 0.472 e. The Morgan fingerprint density at radius 1 is 0.294 bits per heavy atom. The Morgan fingerprint density at radius 2 is 0.514 bits per heavy atom. The van der Waals surface area contributed by atoms with E-state index in [0.717, 1.165) is 109 Å². The highest BCUT2D eigenvalue weighted by Gasteiger charge is 2.30. The maximum absolute atomic E-state index is 13.2. The van der Waals surface area contributed by atoms with Gasteiger partial charge in [-0.05, 0) is 57.3 Å². The van der Waals surface area contributed by atoms with Crippen LogP contribution in [-0.4, -0.2) is 96.7 Å². The monoisotopic (exact) mass is 1590 g/mol. The van der Waals surface area contributed by atoms with E-state index in [1.165, 1.54) is 276 Å². The Balaban J connectivity index is 5.26. The molecule has 0 bridgehead atoms. The van der Waals surface area contributed by atoms with Crippen molar-refractivity contribution in [3.8, 4) is 0 Å². The first kappa shape index (κ1) is 107. The predicted octanol–water partition coefficient (Wildman–Crippen LogP) is 27.5. The summed E-state index contributed by atoms with van der Waals surface area (Å²) >= 11 is 0. The van der Waals surface area contributed by atoms with E-state index in [0.29, 0.717) is 25.7 Å². The summed E-state index contributed by atoms with van der Waals surface area (Å²) in [6.07, 6.45) is 80.1. The normalized spacial score (nSPS) is 14.1. The summed E-state index contributed by atoms with van der Waals surface area (Å²) in [6, 6.07) is 0. The number of esters is 4. The molecule has 0 aliphatic rings. The van der Waals surface area contributed by atoms with Crippen LogP contribution in [0.5, 0.6) is 0 Å². The first-order chi connectivity index (χ1) is 53.1. The molecule has 19 heteroatoms. The van der Waals surface area contributed by atoms with Crippen molar-refractivity contribution < 1.29 is 80.2 Å². The lowest BCUT2D eigenvalue weighted by atomic mass is 9.99. The van der Waals surface area contributed by atoms with Crippen molar-refractivity contribution in [3.63, 3.8) is 0 Å². The highest BCUT2D eigenvalue weighted by Crippen LogP contribution is 2.45. The lowest BCUT2D eigenvalue weighted by molar-refractivity contribution is -0.161. The van der Waals surface area contributed by atoms with Crippen LogP contribution in [0.25, 0.3) is 0 Å². The molecule has 0 saturated carbocycles. The summed E-state index contributed by atoms with van der Waals surface area (Å²) in [5, 5.41) is 10.7. The number of ether oxygens (including phenoxy) is 4. The van der Waals surface area contributed by atoms with Crippen LogP contribution in [0.1, 0.15) is 465 Å². The van der Waals surface area contributed by atoms with Gasteiger partial charge in [0.1, 0.15) is 19.3 Å². The Hall–Kier alpha value is -2.46. The number of unbranched alkanes of at least 4 members (excludes halogenated alkanes) is 56. The topological polar surface area (TPSA) is 237 Å². The third-order valence-electron chi connectivity index (χ3n) is 21.0. The van der Waals surface area contributed by atoms with Crippen LogP contribution in [0, 0.1) is 5.92 Å². The van der Waals surface area contributed by atoms with Gasteiger partial charge in [0.05, 0.1) is 26.4 Å². The van der Waals surface area contributed by atoms with Crippen molar-refractivity contribution in [3.05, 3.63) is 24.3 Å². The van der Waals surface area contributed by atoms with Crippen LogP contribution < -0.4 is 0 Å². The van der Waals surface area contributed by atoms with Gasteiger partial charge in [0, 0.05) is 25.7 Å². The fraction of sp³-hybridized carbons (Fsp3) is 0.911. The molecule has 0 aromatic rings. The molecule has 0 aromatic carbocycles. The van der Waals surface area contributed by atoms with Gasteiger partial charge in [0.15, 0.2) is 12.2 Å². The number of carbonyl (C=O) groups excluding carboxylic acids is 4. The molecule has 3 N–H and O–H groups in total. The van der Waals surface area contributed by atoms with E-state index in [1.54, 1.807) is 0 Å².